The van der Waals surface area contributed by atoms with E-state index in [1.165, 1.54) is 25.7 Å². The van der Waals surface area contributed by atoms with Crippen molar-refractivity contribution in [2.45, 2.75) is 31.9 Å². The number of aliphatic hydroxyl groups is 1. The maximum atomic E-state index is 9.25. The van der Waals surface area contributed by atoms with Crippen LogP contribution in [0, 0.1) is 5.92 Å². The highest BCUT2D eigenvalue weighted by Crippen LogP contribution is 2.26. The van der Waals surface area contributed by atoms with Crippen LogP contribution in [0.15, 0.2) is 0 Å². The molecule has 1 aliphatic carbocycles. The maximum absolute atomic E-state index is 9.25. The minimum absolute atomic E-state index is 0.257. The van der Waals surface area contributed by atoms with E-state index in [9.17, 15) is 5.11 Å². The van der Waals surface area contributed by atoms with E-state index in [0.29, 0.717) is 5.92 Å². The van der Waals surface area contributed by atoms with E-state index >= 15 is 0 Å². The van der Waals surface area contributed by atoms with Crippen molar-refractivity contribution in [1.29, 1.82) is 0 Å². The van der Waals surface area contributed by atoms with Gasteiger partial charge in [0, 0.05) is 0 Å². The van der Waals surface area contributed by atoms with E-state index in [-0.39, 0.29) is 6.23 Å². The van der Waals surface area contributed by atoms with Crippen LogP contribution in [0.1, 0.15) is 25.7 Å². The molecule has 0 bridgehead atoms. The van der Waals surface area contributed by atoms with Gasteiger partial charge < -0.3 is 5.11 Å². The molecular weight excluding hydrogens is 114 g/mol. The van der Waals surface area contributed by atoms with Gasteiger partial charge in [-0.1, -0.05) is 12.8 Å². The monoisotopic (exact) mass is 129 g/mol. The summed E-state index contributed by atoms with van der Waals surface area (Å²) < 4.78 is 0. The zero-order chi connectivity index (χ0) is 6.69. The van der Waals surface area contributed by atoms with Gasteiger partial charge in [0.25, 0.3) is 0 Å². The molecule has 1 aliphatic rings. The van der Waals surface area contributed by atoms with Gasteiger partial charge in [0.15, 0.2) is 0 Å². The highest BCUT2D eigenvalue weighted by molar-refractivity contribution is 4.71. The van der Waals surface area contributed by atoms with Crippen molar-refractivity contribution in [3.05, 3.63) is 0 Å². The van der Waals surface area contributed by atoms with Crippen LogP contribution in [-0.2, 0) is 0 Å². The normalized spacial score (nSPS) is 24.7. The van der Waals surface area contributed by atoms with Crippen molar-refractivity contribution < 1.29 is 5.11 Å². The Morgan fingerprint density at radius 3 is 2.44 bits per heavy atom. The molecule has 0 aromatic carbocycles. The smallest absolute Gasteiger partial charge is 0.107 e. The molecule has 0 heterocycles. The van der Waals surface area contributed by atoms with E-state index in [1.54, 1.807) is 0 Å². The second-order valence-corrected chi connectivity index (χ2v) is 2.78. The fourth-order valence-corrected chi connectivity index (χ4v) is 1.51. The van der Waals surface area contributed by atoms with Gasteiger partial charge in [0.2, 0.25) is 0 Å². The van der Waals surface area contributed by atoms with Crippen LogP contribution in [-0.4, -0.2) is 18.4 Å². The molecule has 0 aliphatic heterocycles. The molecule has 9 heavy (non-hydrogen) atoms. The van der Waals surface area contributed by atoms with Crippen molar-refractivity contribution in [1.82, 2.24) is 5.32 Å². The highest BCUT2D eigenvalue weighted by atomic mass is 16.3. The Morgan fingerprint density at radius 1 is 1.44 bits per heavy atom. The fraction of sp³-hybridized carbons (Fsp3) is 1.00. The summed E-state index contributed by atoms with van der Waals surface area (Å²) in [6.07, 6.45) is 4.73. The number of nitrogens with one attached hydrogen (secondary N) is 1. The SMILES string of the molecule is CNC(O)C1CCCC1. The van der Waals surface area contributed by atoms with Crippen LogP contribution < -0.4 is 5.32 Å². The number of hydrogen-bond donors (Lipinski definition) is 2. The molecule has 0 aromatic rings. The lowest BCUT2D eigenvalue weighted by Crippen LogP contribution is -2.31. The van der Waals surface area contributed by atoms with Gasteiger partial charge in [-0.3, -0.25) is 5.32 Å². The van der Waals surface area contributed by atoms with Gasteiger partial charge in [-0.15, -0.1) is 0 Å². The standard InChI is InChI=1S/C7H15NO/c1-8-7(9)6-4-2-3-5-6/h6-9H,2-5H2,1H3. The van der Waals surface area contributed by atoms with E-state index < -0.39 is 0 Å². The first kappa shape index (κ1) is 7.03. The Bertz CT molecular complexity index is 79.0. The predicted octanol–water partition coefficient (Wildman–Crippen LogP) is 0.714. The Hall–Kier alpha value is -0.0800. The second kappa shape index (κ2) is 3.18. The molecule has 0 spiro atoms. The van der Waals surface area contributed by atoms with Gasteiger partial charge in [0.05, 0.1) is 0 Å². The summed E-state index contributed by atoms with van der Waals surface area (Å²) in [6, 6.07) is 0. The molecule has 2 heteroatoms. The second-order valence-electron chi connectivity index (χ2n) is 2.78. The molecule has 1 unspecified atom stereocenters. The number of rotatable bonds is 2. The maximum Gasteiger partial charge on any atom is 0.107 e. The largest absolute Gasteiger partial charge is 0.378 e. The highest BCUT2D eigenvalue weighted by Gasteiger charge is 2.20. The lowest BCUT2D eigenvalue weighted by Gasteiger charge is -2.15. The summed E-state index contributed by atoms with van der Waals surface area (Å²) in [5.74, 6) is 0.523. The summed E-state index contributed by atoms with van der Waals surface area (Å²) in [4.78, 5) is 0. The fourth-order valence-electron chi connectivity index (χ4n) is 1.51. The van der Waals surface area contributed by atoms with Crippen LogP contribution in [0.3, 0.4) is 0 Å². The molecule has 0 amide bonds. The Labute approximate surface area is 56.3 Å². The molecule has 1 fully saturated rings. The Balaban J connectivity index is 2.24. The van der Waals surface area contributed by atoms with Gasteiger partial charge in [-0.2, -0.15) is 0 Å². The number of aliphatic hydroxyl groups excluding tert-OH is 1. The summed E-state index contributed by atoms with van der Waals surface area (Å²) in [5.41, 5.74) is 0. The molecule has 0 saturated heterocycles. The Morgan fingerprint density at radius 2 is 2.00 bits per heavy atom. The molecule has 1 atom stereocenters. The quantitative estimate of drug-likeness (QED) is 0.538. The Kier molecular flexibility index (Phi) is 2.49. The third-order valence-electron chi connectivity index (χ3n) is 2.14. The van der Waals surface area contributed by atoms with E-state index in [0.717, 1.165) is 0 Å². The van der Waals surface area contributed by atoms with Gasteiger partial charge in [-0.25, -0.2) is 0 Å². The van der Waals surface area contributed by atoms with Gasteiger partial charge in [0.1, 0.15) is 6.23 Å². The van der Waals surface area contributed by atoms with Crippen molar-refractivity contribution in [3.8, 4) is 0 Å². The van der Waals surface area contributed by atoms with E-state index in [4.69, 9.17) is 0 Å². The zero-order valence-electron chi connectivity index (χ0n) is 5.93. The minimum Gasteiger partial charge on any atom is -0.378 e. The molecule has 2 nitrogen and oxygen atoms in total. The first-order valence-electron chi connectivity index (χ1n) is 3.70. The summed E-state index contributed by atoms with van der Waals surface area (Å²) in [5, 5.41) is 12.1. The van der Waals surface area contributed by atoms with E-state index in [1.807, 2.05) is 7.05 Å². The van der Waals surface area contributed by atoms with Crippen LogP contribution in [0.5, 0.6) is 0 Å². The van der Waals surface area contributed by atoms with Crippen molar-refractivity contribution in [2.75, 3.05) is 7.05 Å². The summed E-state index contributed by atoms with van der Waals surface area (Å²) in [7, 11) is 1.81. The average molecular weight is 129 g/mol. The van der Waals surface area contributed by atoms with Gasteiger partial charge in [-0.05, 0) is 25.8 Å². The van der Waals surface area contributed by atoms with Crippen LogP contribution >= 0.6 is 0 Å². The summed E-state index contributed by atoms with van der Waals surface area (Å²) in [6.45, 7) is 0. The van der Waals surface area contributed by atoms with Crippen LogP contribution in [0.25, 0.3) is 0 Å². The van der Waals surface area contributed by atoms with Crippen molar-refractivity contribution in [2.24, 2.45) is 5.92 Å². The van der Waals surface area contributed by atoms with Crippen LogP contribution in [0.2, 0.25) is 0 Å². The van der Waals surface area contributed by atoms with Gasteiger partial charge >= 0.3 is 0 Å². The lowest BCUT2D eigenvalue weighted by atomic mass is 10.1. The molecule has 1 saturated carbocycles. The average Bonchev–Trinajstić information content (AvgIpc) is 2.37. The molecule has 1 rings (SSSR count). The van der Waals surface area contributed by atoms with Crippen LogP contribution in [0.4, 0.5) is 0 Å². The van der Waals surface area contributed by atoms with Crippen molar-refractivity contribution >= 4 is 0 Å². The molecule has 54 valence electrons. The zero-order valence-corrected chi connectivity index (χ0v) is 5.93. The number of hydrogen-bond acceptors (Lipinski definition) is 2. The molecular formula is C7H15NO. The molecule has 0 radical (unpaired) electrons. The third-order valence-corrected chi connectivity index (χ3v) is 2.14. The predicted molar refractivity (Wildman–Crippen MR) is 37.0 cm³/mol. The van der Waals surface area contributed by atoms with Crippen molar-refractivity contribution in [3.63, 3.8) is 0 Å². The molecule has 2 N–H and O–H groups in total. The first-order chi connectivity index (χ1) is 4.34. The summed E-state index contributed by atoms with van der Waals surface area (Å²) >= 11 is 0. The lowest BCUT2D eigenvalue weighted by molar-refractivity contribution is 0.0854. The topological polar surface area (TPSA) is 32.3 Å². The third kappa shape index (κ3) is 1.66. The minimum atomic E-state index is -0.257. The molecule has 0 aromatic heterocycles. The van der Waals surface area contributed by atoms with E-state index in [2.05, 4.69) is 5.32 Å². The first-order valence-corrected chi connectivity index (χ1v) is 3.70.